The first-order chi connectivity index (χ1) is 16.1. The molecule has 0 radical (unpaired) electrons. The van der Waals surface area contributed by atoms with E-state index < -0.39 is 6.04 Å². The van der Waals surface area contributed by atoms with Crippen molar-refractivity contribution in [3.05, 3.63) is 46.1 Å². The minimum absolute atomic E-state index is 0.256. The maximum atomic E-state index is 12.8. The summed E-state index contributed by atoms with van der Waals surface area (Å²) in [5.41, 5.74) is 3.37. The molecule has 3 aromatic rings. The van der Waals surface area contributed by atoms with Crippen molar-refractivity contribution in [3.8, 4) is 5.75 Å². The predicted molar refractivity (Wildman–Crippen MR) is 133 cm³/mol. The van der Waals surface area contributed by atoms with E-state index in [1.165, 1.54) is 17.5 Å². The maximum absolute atomic E-state index is 12.8. The second-order valence-corrected chi connectivity index (χ2v) is 9.56. The molecule has 0 aliphatic carbocycles. The van der Waals surface area contributed by atoms with Gasteiger partial charge in [0.05, 0.1) is 25.6 Å². The van der Waals surface area contributed by atoms with Crippen molar-refractivity contribution in [1.29, 1.82) is 0 Å². The number of esters is 1. The van der Waals surface area contributed by atoms with Gasteiger partial charge in [-0.1, -0.05) is 31.3 Å². The summed E-state index contributed by atoms with van der Waals surface area (Å²) in [4.78, 5) is 29.9. The Morgan fingerprint density at radius 2 is 1.88 bits per heavy atom. The average molecular weight is 486 g/mol. The number of hydrogen-bond acceptors (Lipinski definition) is 8. The summed E-state index contributed by atoms with van der Waals surface area (Å²) >= 11 is 1.21. The highest BCUT2D eigenvalue weighted by atomic mass is 32.1. The van der Waals surface area contributed by atoms with E-state index in [0.29, 0.717) is 28.2 Å². The summed E-state index contributed by atoms with van der Waals surface area (Å²) in [7, 11) is 1.60. The van der Waals surface area contributed by atoms with Crippen molar-refractivity contribution in [2.75, 3.05) is 24.4 Å². The van der Waals surface area contributed by atoms with Gasteiger partial charge in [0, 0.05) is 17.3 Å². The first kappa shape index (κ1) is 25.2. The summed E-state index contributed by atoms with van der Waals surface area (Å²) < 4.78 is 12.2. The molecule has 2 aromatic heterocycles. The zero-order valence-electron chi connectivity index (χ0n) is 20.6. The molecule has 0 spiro atoms. The van der Waals surface area contributed by atoms with Crippen molar-refractivity contribution in [3.63, 3.8) is 0 Å². The van der Waals surface area contributed by atoms with Crippen LogP contribution in [0.1, 0.15) is 53.2 Å². The molecule has 2 heterocycles. The Balaban J connectivity index is 1.70. The molecular weight excluding hydrogens is 454 g/mol. The number of thiazole rings is 1. The number of methoxy groups -OCH3 is 1. The lowest BCUT2D eigenvalue weighted by atomic mass is 10.1. The van der Waals surface area contributed by atoms with Gasteiger partial charge in [-0.15, -0.1) is 0 Å². The van der Waals surface area contributed by atoms with E-state index in [1.54, 1.807) is 24.9 Å². The highest BCUT2D eigenvalue weighted by Gasteiger charge is 2.20. The van der Waals surface area contributed by atoms with E-state index >= 15 is 0 Å². The summed E-state index contributed by atoms with van der Waals surface area (Å²) in [6.45, 7) is 11.8. The van der Waals surface area contributed by atoms with E-state index in [1.807, 2.05) is 46.8 Å². The molecule has 0 saturated heterocycles. The fourth-order valence-corrected chi connectivity index (χ4v) is 3.95. The van der Waals surface area contributed by atoms with Crippen LogP contribution in [0.5, 0.6) is 5.75 Å². The van der Waals surface area contributed by atoms with Gasteiger partial charge in [0.2, 0.25) is 0 Å². The third kappa shape index (κ3) is 5.74. The van der Waals surface area contributed by atoms with Gasteiger partial charge in [-0.25, -0.2) is 9.78 Å². The Hall–Kier alpha value is -3.40. The van der Waals surface area contributed by atoms with Crippen LogP contribution in [-0.2, 0) is 9.53 Å². The summed E-state index contributed by atoms with van der Waals surface area (Å²) in [6.07, 6.45) is 3.30. The van der Waals surface area contributed by atoms with Crippen LogP contribution in [0.15, 0.2) is 24.5 Å². The summed E-state index contributed by atoms with van der Waals surface area (Å²) in [6, 6.07) is 3.22. The molecule has 0 fully saturated rings. The number of carbonyl (C=O) groups excluding carboxylic acids is 2. The number of hydrogen-bond donors (Lipinski definition) is 2. The standard InChI is InChI=1S/C24H31N5O4S/c1-13(2)12-33-23(31)17(6)29-11-15(4)21(28-29)27-24-25-10-19(34-24)22(30)26-20-14(3)8-9-18(32-7)16(20)5/h8-11,13,17H,12H2,1-7H3,(H,26,30)(H,25,27,28). The average Bonchev–Trinajstić information content (AvgIpc) is 3.41. The van der Waals surface area contributed by atoms with E-state index in [4.69, 9.17) is 9.47 Å². The lowest BCUT2D eigenvalue weighted by Gasteiger charge is -2.14. The van der Waals surface area contributed by atoms with E-state index in [-0.39, 0.29) is 17.8 Å². The van der Waals surface area contributed by atoms with E-state index in [9.17, 15) is 9.59 Å². The Morgan fingerprint density at radius 1 is 1.15 bits per heavy atom. The van der Waals surface area contributed by atoms with Crippen LogP contribution in [0.25, 0.3) is 0 Å². The molecule has 9 nitrogen and oxygen atoms in total. The molecule has 10 heteroatoms. The second kappa shape index (κ2) is 10.7. The molecule has 0 bridgehead atoms. The van der Waals surface area contributed by atoms with Gasteiger partial charge in [-0.3, -0.25) is 9.48 Å². The van der Waals surface area contributed by atoms with Crippen LogP contribution in [0.3, 0.4) is 0 Å². The number of aryl methyl sites for hydroxylation is 2. The van der Waals surface area contributed by atoms with Crippen molar-refractivity contribution in [1.82, 2.24) is 14.8 Å². The fourth-order valence-electron chi connectivity index (χ4n) is 3.24. The predicted octanol–water partition coefficient (Wildman–Crippen LogP) is 5.03. The van der Waals surface area contributed by atoms with Crippen LogP contribution in [-0.4, -0.2) is 40.4 Å². The number of nitrogens with zero attached hydrogens (tertiary/aromatic N) is 3. The van der Waals surface area contributed by atoms with Crippen LogP contribution in [0.4, 0.5) is 16.6 Å². The quantitative estimate of drug-likeness (QED) is 0.409. The van der Waals surface area contributed by atoms with Gasteiger partial charge in [-0.2, -0.15) is 5.10 Å². The largest absolute Gasteiger partial charge is 0.496 e. The van der Waals surface area contributed by atoms with Gasteiger partial charge < -0.3 is 20.1 Å². The molecule has 0 aliphatic heterocycles. The van der Waals surface area contributed by atoms with Gasteiger partial charge in [0.15, 0.2) is 10.9 Å². The van der Waals surface area contributed by atoms with Crippen LogP contribution in [0.2, 0.25) is 0 Å². The van der Waals surface area contributed by atoms with Gasteiger partial charge >= 0.3 is 5.97 Å². The Kier molecular flexibility index (Phi) is 7.93. The molecule has 0 aliphatic rings. The van der Waals surface area contributed by atoms with Crippen molar-refractivity contribution < 1.29 is 19.1 Å². The van der Waals surface area contributed by atoms with Gasteiger partial charge in [0.25, 0.3) is 5.91 Å². The fraction of sp³-hybridized carbons (Fsp3) is 0.417. The molecule has 34 heavy (non-hydrogen) atoms. The minimum Gasteiger partial charge on any atom is -0.496 e. The number of rotatable bonds is 9. The van der Waals surface area contributed by atoms with Crippen LogP contribution < -0.4 is 15.4 Å². The molecular formula is C24H31N5O4S. The molecule has 1 aromatic carbocycles. The molecule has 1 amide bonds. The lowest BCUT2D eigenvalue weighted by Crippen LogP contribution is -2.21. The zero-order valence-corrected chi connectivity index (χ0v) is 21.4. The third-order valence-corrected chi connectivity index (χ3v) is 6.16. The Morgan fingerprint density at radius 3 is 2.56 bits per heavy atom. The van der Waals surface area contributed by atoms with Crippen LogP contribution in [0, 0.1) is 26.7 Å². The summed E-state index contributed by atoms with van der Waals surface area (Å²) in [5.74, 6) is 0.943. The van der Waals surface area contributed by atoms with E-state index in [2.05, 4.69) is 20.7 Å². The number of carbonyl (C=O) groups is 2. The molecule has 1 unspecified atom stereocenters. The SMILES string of the molecule is COc1ccc(C)c(NC(=O)c2cnc(Nc3nn(C(C)C(=O)OCC(C)C)cc3C)s2)c1C. The van der Waals surface area contributed by atoms with Crippen molar-refractivity contribution in [2.24, 2.45) is 5.92 Å². The monoisotopic (exact) mass is 485 g/mol. The first-order valence-corrected chi connectivity index (χ1v) is 11.8. The van der Waals surface area contributed by atoms with Gasteiger partial charge in [0.1, 0.15) is 16.7 Å². The maximum Gasteiger partial charge on any atom is 0.330 e. The highest BCUT2D eigenvalue weighted by Crippen LogP contribution is 2.30. The normalized spacial score (nSPS) is 11.9. The molecule has 182 valence electrons. The van der Waals surface area contributed by atoms with E-state index in [0.717, 1.165) is 22.4 Å². The lowest BCUT2D eigenvalue weighted by molar-refractivity contribution is -0.148. The summed E-state index contributed by atoms with van der Waals surface area (Å²) in [5, 5.41) is 11.1. The smallest absolute Gasteiger partial charge is 0.330 e. The molecule has 0 saturated carbocycles. The molecule has 2 N–H and O–H groups in total. The Bertz CT molecular complexity index is 1180. The molecule has 1 atom stereocenters. The molecule has 3 rings (SSSR count). The third-order valence-electron chi connectivity index (χ3n) is 5.25. The Labute approximate surface area is 203 Å². The van der Waals surface area contributed by atoms with Crippen molar-refractivity contribution >= 4 is 39.9 Å². The highest BCUT2D eigenvalue weighted by molar-refractivity contribution is 7.17. The first-order valence-electron chi connectivity index (χ1n) is 11.0. The van der Waals surface area contributed by atoms with Crippen LogP contribution >= 0.6 is 11.3 Å². The number of amides is 1. The zero-order chi connectivity index (χ0) is 25.0. The number of benzene rings is 1. The minimum atomic E-state index is -0.556. The number of ether oxygens (including phenoxy) is 2. The number of nitrogens with one attached hydrogen (secondary N) is 2. The topological polar surface area (TPSA) is 107 Å². The number of aromatic nitrogens is 3. The van der Waals surface area contributed by atoms with Crippen molar-refractivity contribution in [2.45, 2.75) is 47.6 Å². The van der Waals surface area contributed by atoms with Gasteiger partial charge in [-0.05, 0) is 45.2 Å². The number of anilines is 3. The second-order valence-electron chi connectivity index (χ2n) is 8.53.